The van der Waals surface area contributed by atoms with Gasteiger partial charge in [0.2, 0.25) is 4.29 Å². The van der Waals surface area contributed by atoms with E-state index in [1.807, 2.05) is 0 Å². The zero-order valence-electron chi connectivity index (χ0n) is 62.3. The van der Waals surface area contributed by atoms with Crippen LogP contribution < -0.4 is 54.3 Å². The third-order valence-corrected chi connectivity index (χ3v) is 16.3. The average molecular weight is 1470 g/mol. The monoisotopic (exact) mass is 1470 g/mol. The van der Waals surface area contributed by atoms with Crippen molar-refractivity contribution < 1.29 is 112 Å². The summed E-state index contributed by atoms with van der Waals surface area (Å²) in [7, 11) is 2.24. The van der Waals surface area contributed by atoms with Gasteiger partial charge in [0.25, 0.3) is 27.8 Å². The van der Waals surface area contributed by atoms with Crippen molar-refractivity contribution in [1.82, 2.24) is 47.8 Å². The zero-order valence-corrected chi connectivity index (χ0v) is 57.2. The first-order valence-corrected chi connectivity index (χ1v) is 32.7. The Morgan fingerprint density at radius 2 is 0.842 bits per heavy atom. The van der Waals surface area contributed by atoms with Gasteiger partial charge in [-0.05, 0) is 61.6 Å². The fourth-order valence-electron chi connectivity index (χ4n) is 10.5. The minimum atomic E-state index is -1.63. The minimum Gasteiger partial charge on any atom is -0.453 e. The van der Waals surface area contributed by atoms with Gasteiger partial charge in [-0.1, -0.05) is 11.7 Å². The summed E-state index contributed by atoms with van der Waals surface area (Å²) in [5.41, 5.74) is -2.46. The van der Waals surface area contributed by atoms with Crippen LogP contribution in [0.3, 0.4) is 0 Å². The van der Waals surface area contributed by atoms with Crippen molar-refractivity contribution in [3.05, 3.63) is 142 Å². The number of aryl methyl sites for hydroxylation is 5. The van der Waals surface area contributed by atoms with Crippen molar-refractivity contribution in [2.45, 2.75) is 178 Å². The molecule has 40 nitrogen and oxygen atoms in total. The molecule has 568 valence electrons. The Morgan fingerprint density at radius 1 is 0.495 bits per heavy atom. The molecule has 5 aromatic heterocycles. The molecule has 0 amide bonds. The molecule has 0 saturated carbocycles. The van der Waals surface area contributed by atoms with E-state index in [0.29, 0.717) is 22.3 Å². The predicted octanol–water partition coefficient (Wildman–Crippen LogP) is -7.32. The number of fused-ring (bicyclic) bond motifs is 6. The summed E-state index contributed by atoms with van der Waals surface area (Å²) in [6, 6.07) is 0.309. The van der Waals surface area contributed by atoms with Crippen molar-refractivity contribution in [2.75, 3.05) is 67.2 Å². The van der Waals surface area contributed by atoms with Crippen molar-refractivity contribution in [3.63, 3.8) is 0 Å². The van der Waals surface area contributed by atoms with Crippen LogP contribution in [0.15, 0.2) is 69.3 Å². The molecule has 0 bridgehead atoms. The smallest absolute Gasteiger partial charge is 0.330 e. The second-order valence-corrected chi connectivity index (χ2v) is 25.6. The van der Waals surface area contributed by atoms with Crippen molar-refractivity contribution in [1.29, 1.82) is 4.29 Å². The van der Waals surface area contributed by atoms with Gasteiger partial charge >= 0.3 is 29.1 Å². The highest BCUT2D eigenvalue weighted by molar-refractivity contribution is 8.23. The largest absolute Gasteiger partial charge is 0.453 e. The summed E-state index contributed by atoms with van der Waals surface area (Å²) >= 11 is 0. The Kier molecular flexibility index (Phi) is 27.6. The molecule has 5 fully saturated rings. The first-order valence-electron chi connectivity index (χ1n) is 33.8. The van der Waals surface area contributed by atoms with E-state index in [1.165, 1.54) is 58.3 Å². The highest BCUT2D eigenvalue weighted by atomic mass is 32.2. The molecule has 12 rings (SSSR count). The van der Waals surface area contributed by atoms with Crippen LogP contribution in [0.1, 0.15) is 83.8 Å². The first-order chi connectivity index (χ1) is 50.5. The number of aliphatic hydroxyl groups is 12. The Bertz CT molecular complexity index is 4210. The minimum absolute atomic E-state index is 0.0283. The van der Waals surface area contributed by atoms with Crippen molar-refractivity contribution in [3.8, 4) is 12.0 Å². The van der Waals surface area contributed by atoms with Gasteiger partial charge in [0.15, 0.2) is 43.3 Å². The number of nitrogens with zero attached hydrogens (tertiary/aromatic N) is 7. The van der Waals surface area contributed by atoms with Crippen LogP contribution in [0.2, 0.25) is 0 Å². The molecule has 0 radical (unpaired) electrons. The van der Waals surface area contributed by atoms with Crippen LogP contribution in [0.25, 0.3) is 0 Å². The maximum Gasteiger partial charge on any atom is 0.330 e. The summed E-state index contributed by atoms with van der Waals surface area (Å²) in [4.78, 5) is 106. The number of aromatic amines is 3. The van der Waals surface area contributed by atoms with Gasteiger partial charge in [-0.25, -0.2) is 14.4 Å². The third-order valence-electron chi connectivity index (χ3n) is 15.6. The van der Waals surface area contributed by atoms with Gasteiger partial charge in [0.1, 0.15) is 61.0 Å². The Labute approximate surface area is 583 Å². The quantitative estimate of drug-likeness (QED) is 0.0385. The number of ether oxygens (including phenoxy) is 9. The fraction of sp³-hybridized carbons (Fsp3) is 0.633. The number of aromatic nitrogens is 10. The van der Waals surface area contributed by atoms with Crippen LogP contribution in [0.4, 0.5) is 0 Å². The van der Waals surface area contributed by atoms with Crippen LogP contribution in [-0.2, 0) is 37.3 Å². The van der Waals surface area contributed by atoms with Crippen LogP contribution in [0, 0.1) is 34.6 Å². The number of H-pyrrole nitrogens is 3. The highest BCUT2D eigenvalue weighted by Crippen LogP contribution is 2.41. The molecular weight excluding hydrogens is 1370 g/mol. The molecule has 0 aliphatic carbocycles. The lowest BCUT2D eigenvalue weighted by Crippen LogP contribution is -2.40. The normalized spacial score (nSPS) is 30.5. The van der Waals surface area contributed by atoms with Crippen molar-refractivity contribution in [2.24, 2.45) is 0 Å². The third kappa shape index (κ3) is 19.7. The standard InChI is InChI=1S/C15H24N2O6S.C12H18N2O6.C10H14N2O6.C10H12N2O5.C10H12N2O4.3CH4O/c1-9-8-17(15(20)16-13(9)19)14-12(11(18)10(2)23-14)21-6-7-22-24(3,4)5;1-6-5-14(12(18)13-10(6)17)11-9(19-4-3-15)8(16)7(2)20-11;1-4-2-12(10(17)11-8(4)16)9-7(15)6(14)5(3-13)18-9;1-4-2-12-9-7(6(14)5(3-13)16-9)17-10(12)11-8(4)15;1-4-3-12-9-7(6(13)5(2)15-9)16-10(12)11-8(4)14;3*1-2/h8,10-12,14,18H,3-4,6-7H2,1-2,5H3,(H,16,19,20);5,7-9,11,15-16H,3-4H2,1-2H3,(H,13,17,18);2,5-7,9,13-15H,3H2,1H3,(H,11,16,17);2,5-7,9,13-14H,3H2,1H3;3,5-7,9,13H,1-2H3;3*2H,1H3/t10-,11?,12+,14-;7-,8?,9+,11-;5-,6?,7+,9-;2*5-,6?,7-,9-;;;/m11111.../s1/i2*2D;;;2D;3*2T. The summed E-state index contributed by atoms with van der Waals surface area (Å²) < 4.78 is 100. The molecule has 41 heteroatoms. The number of aliphatic hydroxyl groups excluding tert-OH is 12. The van der Waals surface area contributed by atoms with Crippen molar-refractivity contribution >= 4 is 21.2 Å². The number of nitrogens with one attached hydrogen (secondary N) is 3. The second kappa shape index (κ2) is 37.2. The van der Waals surface area contributed by atoms with Gasteiger partial charge < -0.3 is 108 Å². The molecule has 15 N–H and O–H groups in total. The average Bonchev–Trinajstić information content (AvgIpc) is 1.61. The lowest BCUT2D eigenvalue weighted by Gasteiger charge is -2.22. The first kappa shape index (κ1) is 74.9. The molecule has 7 aliphatic heterocycles. The number of hydrogen-bond donors (Lipinski definition) is 15. The van der Waals surface area contributed by atoms with E-state index in [0.717, 1.165) is 9.13 Å². The van der Waals surface area contributed by atoms with E-state index in [2.05, 4.69) is 52.0 Å². The van der Waals surface area contributed by atoms with E-state index in [4.69, 9.17) is 70.5 Å². The molecule has 7 aliphatic rings. The second-order valence-electron chi connectivity index (χ2n) is 23.0. The molecule has 12 heterocycles. The van der Waals surface area contributed by atoms with E-state index in [-0.39, 0.29) is 82.4 Å². The number of hydrogen-bond acceptors (Lipinski definition) is 32. The van der Waals surface area contributed by atoms with Gasteiger partial charge in [-0.2, -0.15) is 9.97 Å². The highest BCUT2D eigenvalue weighted by Gasteiger charge is 2.52. The van der Waals surface area contributed by atoms with Crippen LogP contribution in [0.5, 0.6) is 12.0 Å². The van der Waals surface area contributed by atoms with Gasteiger partial charge in [-0.15, -0.1) is 9.49 Å². The number of rotatable bonds is 13. The lowest BCUT2D eigenvalue weighted by atomic mass is 10.1. The zero-order chi connectivity index (χ0) is 80.2. The Balaban J connectivity index is 0.000000234. The maximum atomic E-state index is 12.1. The topological polar surface area (TPSA) is 569 Å². The SMILES string of the molecule is Cc1cn([C@@H]2O[C@H](CO)C(O)[C@@H]2O)c(=O)[nH]c1=O.Cc1cn2c(nc1=O)O[C@@H]1C(O)[C@@H](CO)O[C@H]12.[2H]C[C@H]1O[C@@H](n2cc(C)c(=O)[nH]c2=O)[C@@H](OCCO)C1O.[2H]C[C@H]1O[C@@H](n2cc(C)c(=O)[nH]c2=O)[C@@H](OCCOS(=C)(=C)C)C1O.[2H]C[C@H]1O[C@@H]2[C@H](Oc3nc(=O)c(C)cn32)C1O.[3H]OC.[3H]OC.[3H]OC. The molecule has 101 heavy (non-hydrogen) atoms. The fourth-order valence-corrected chi connectivity index (χ4v) is 10.9. The molecule has 5 aromatic rings. The molecule has 5 unspecified atom stereocenters. The molecular formula is C60H92N10O30S. The summed E-state index contributed by atoms with van der Waals surface area (Å²) in [5, 5.41) is 96.8. The maximum absolute atomic E-state index is 12.1. The van der Waals surface area contributed by atoms with Crippen LogP contribution in [-0.4, -0.2) is 284 Å². The molecule has 0 aromatic carbocycles. The lowest BCUT2D eigenvalue weighted by molar-refractivity contribution is -0.0763. The molecule has 5 saturated heterocycles. The summed E-state index contributed by atoms with van der Waals surface area (Å²) in [5.74, 6) is 7.58. The molecule has 20 atom stereocenters. The van der Waals surface area contributed by atoms with E-state index in [9.17, 15) is 69.0 Å². The Morgan fingerprint density at radius 3 is 1.23 bits per heavy atom. The summed E-state index contributed by atoms with van der Waals surface area (Å²) in [6.45, 7) is 6.78. The van der Waals surface area contributed by atoms with E-state index < -0.39 is 173 Å². The van der Waals surface area contributed by atoms with Gasteiger partial charge in [-0.3, -0.25) is 61.8 Å². The Hall–Kier alpha value is -7.31. The molecule has 0 spiro atoms. The van der Waals surface area contributed by atoms with Gasteiger partial charge in [0.05, 0.1) is 58.0 Å². The van der Waals surface area contributed by atoms with Crippen LogP contribution >= 0.6 is 9.49 Å². The van der Waals surface area contributed by atoms with E-state index >= 15 is 0 Å². The van der Waals surface area contributed by atoms with E-state index in [1.54, 1.807) is 48.6 Å². The van der Waals surface area contributed by atoms with Gasteiger partial charge in [0, 0.05) is 84.2 Å². The predicted molar refractivity (Wildman–Crippen MR) is 355 cm³/mol. The summed E-state index contributed by atoms with van der Waals surface area (Å²) in [6.07, 6.45) is -8.63.